The predicted octanol–water partition coefficient (Wildman–Crippen LogP) is 1.43. The van der Waals surface area contributed by atoms with Gasteiger partial charge in [0, 0.05) is 37.9 Å². The molecule has 1 saturated heterocycles. The lowest BCUT2D eigenvalue weighted by Gasteiger charge is -2.36. The van der Waals surface area contributed by atoms with Crippen LogP contribution < -0.4 is 15.0 Å². The highest BCUT2D eigenvalue weighted by Gasteiger charge is 2.16. The van der Waals surface area contributed by atoms with Gasteiger partial charge in [-0.1, -0.05) is 6.07 Å². The van der Waals surface area contributed by atoms with Gasteiger partial charge in [0.1, 0.15) is 5.75 Å². The average Bonchev–Trinajstić information content (AvgIpc) is 2.48. The van der Waals surface area contributed by atoms with Crippen molar-refractivity contribution in [3.05, 3.63) is 24.3 Å². The van der Waals surface area contributed by atoms with E-state index in [-0.39, 0.29) is 0 Å². The van der Waals surface area contributed by atoms with Crippen molar-refractivity contribution in [3.63, 3.8) is 0 Å². The second-order valence-electron chi connectivity index (χ2n) is 4.99. The molecule has 0 saturated carbocycles. The standard InChI is InChI=1S/C15H25N3O/c1-16-7-4-8-17-9-11-18(12-10-17)14-5-3-6-15(13-14)19-2/h3,5-6,13,16H,4,7-12H2,1-2H3. The molecular formula is C15H25N3O. The third kappa shape index (κ3) is 4.11. The SMILES string of the molecule is CNCCCN1CCN(c2cccc(OC)c2)CC1. The molecule has 0 bridgehead atoms. The van der Waals surface area contributed by atoms with Crippen LogP contribution in [0.4, 0.5) is 5.69 Å². The Labute approximate surface area is 116 Å². The quantitative estimate of drug-likeness (QED) is 0.786. The Morgan fingerprint density at radius 2 is 2.00 bits per heavy atom. The lowest BCUT2D eigenvalue weighted by molar-refractivity contribution is 0.254. The minimum absolute atomic E-state index is 0.939. The van der Waals surface area contributed by atoms with E-state index in [9.17, 15) is 0 Å². The summed E-state index contributed by atoms with van der Waals surface area (Å²) in [5.41, 5.74) is 1.27. The maximum Gasteiger partial charge on any atom is 0.120 e. The van der Waals surface area contributed by atoms with Crippen molar-refractivity contribution >= 4 is 5.69 Å². The Kier molecular flexibility index (Phi) is 5.48. The second-order valence-corrected chi connectivity index (χ2v) is 4.99. The van der Waals surface area contributed by atoms with Gasteiger partial charge in [0.15, 0.2) is 0 Å². The minimum Gasteiger partial charge on any atom is -0.497 e. The summed E-state index contributed by atoms with van der Waals surface area (Å²) in [6.07, 6.45) is 1.23. The molecule has 1 aliphatic heterocycles. The summed E-state index contributed by atoms with van der Waals surface area (Å²) < 4.78 is 5.29. The normalized spacial score (nSPS) is 16.6. The Hall–Kier alpha value is -1.26. The molecular weight excluding hydrogens is 238 g/mol. The maximum atomic E-state index is 5.29. The zero-order valence-corrected chi connectivity index (χ0v) is 12.1. The van der Waals surface area contributed by atoms with Gasteiger partial charge < -0.3 is 15.0 Å². The number of anilines is 1. The van der Waals surface area contributed by atoms with E-state index in [0.29, 0.717) is 0 Å². The van der Waals surface area contributed by atoms with Crippen molar-refractivity contribution in [1.29, 1.82) is 0 Å². The molecule has 0 aliphatic carbocycles. The summed E-state index contributed by atoms with van der Waals surface area (Å²) in [6, 6.07) is 8.35. The molecule has 1 aromatic rings. The molecule has 1 fully saturated rings. The van der Waals surface area contributed by atoms with Gasteiger partial charge in [0.25, 0.3) is 0 Å². The van der Waals surface area contributed by atoms with Crippen LogP contribution in [0.15, 0.2) is 24.3 Å². The van der Waals surface area contributed by atoms with Crippen molar-refractivity contribution in [2.75, 3.05) is 58.3 Å². The first-order chi connectivity index (χ1) is 9.33. The number of hydrogen-bond acceptors (Lipinski definition) is 4. The van der Waals surface area contributed by atoms with Crippen LogP contribution in [0.2, 0.25) is 0 Å². The van der Waals surface area contributed by atoms with Gasteiger partial charge >= 0.3 is 0 Å². The van der Waals surface area contributed by atoms with Crippen molar-refractivity contribution in [2.45, 2.75) is 6.42 Å². The first kappa shape index (κ1) is 14.2. The van der Waals surface area contributed by atoms with Gasteiger partial charge in [-0.2, -0.15) is 0 Å². The molecule has 4 nitrogen and oxygen atoms in total. The maximum absolute atomic E-state index is 5.29. The van der Waals surface area contributed by atoms with Crippen LogP contribution in [-0.4, -0.2) is 58.3 Å². The number of rotatable bonds is 6. The number of methoxy groups -OCH3 is 1. The minimum atomic E-state index is 0.939. The van der Waals surface area contributed by atoms with E-state index >= 15 is 0 Å². The van der Waals surface area contributed by atoms with Gasteiger partial charge in [0.2, 0.25) is 0 Å². The molecule has 1 heterocycles. The number of benzene rings is 1. The average molecular weight is 263 g/mol. The zero-order chi connectivity index (χ0) is 13.5. The first-order valence-electron chi connectivity index (χ1n) is 7.09. The highest BCUT2D eigenvalue weighted by Crippen LogP contribution is 2.21. The van der Waals surface area contributed by atoms with E-state index in [2.05, 4.69) is 33.3 Å². The summed E-state index contributed by atoms with van der Waals surface area (Å²) in [6.45, 7) is 6.82. The van der Waals surface area contributed by atoms with Crippen LogP contribution in [0.3, 0.4) is 0 Å². The lowest BCUT2D eigenvalue weighted by atomic mass is 10.2. The Morgan fingerprint density at radius 3 is 2.68 bits per heavy atom. The molecule has 0 radical (unpaired) electrons. The Bertz CT molecular complexity index is 375. The predicted molar refractivity (Wildman–Crippen MR) is 80.2 cm³/mol. The lowest BCUT2D eigenvalue weighted by Crippen LogP contribution is -2.46. The summed E-state index contributed by atoms with van der Waals surface area (Å²) in [7, 11) is 3.74. The molecule has 0 spiro atoms. The molecule has 19 heavy (non-hydrogen) atoms. The van der Waals surface area contributed by atoms with Crippen LogP contribution in [0, 0.1) is 0 Å². The van der Waals surface area contributed by atoms with Crippen molar-refractivity contribution in [2.24, 2.45) is 0 Å². The fourth-order valence-electron chi connectivity index (χ4n) is 2.52. The van der Waals surface area contributed by atoms with Gasteiger partial charge in [0.05, 0.1) is 7.11 Å². The molecule has 1 aliphatic rings. The Morgan fingerprint density at radius 1 is 1.21 bits per heavy atom. The number of nitrogens with one attached hydrogen (secondary N) is 1. The van der Waals surface area contributed by atoms with Gasteiger partial charge in [-0.05, 0) is 38.7 Å². The molecule has 0 atom stereocenters. The molecule has 2 rings (SSSR count). The van der Waals surface area contributed by atoms with Crippen LogP contribution in [0.1, 0.15) is 6.42 Å². The third-order valence-electron chi connectivity index (χ3n) is 3.69. The van der Waals surface area contributed by atoms with E-state index < -0.39 is 0 Å². The number of ether oxygens (including phenoxy) is 1. The molecule has 0 aromatic heterocycles. The second kappa shape index (κ2) is 7.36. The third-order valence-corrected chi connectivity index (χ3v) is 3.69. The van der Waals surface area contributed by atoms with Crippen molar-refractivity contribution < 1.29 is 4.74 Å². The fraction of sp³-hybridized carbons (Fsp3) is 0.600. The van der Waals surface area contributed by atoms with E-state index in [1.54, 1.807) is 7.11 Å². The fourth-order valence-corrected chi connectivity index (χ4v) is 2.52. The van der Waals surface area contributed by atoms with Gasteiger partial charge in [-0.25, -0.2) is 0 Å². The molecule has 1 N–H and O–H groups in total. The Balaban J connectivity index is 1.82. The topological polar surface area (TPSA) is 27.7 Å². The molecule has 106 valence electrons. The van der Waals surface area contributed by atoms with Crippen LogP contribution in [0.5, 0.6) is 5.75 Å². The highest BCUT2D eigenvalue weighted by molar-refractivity contribution is 5.51. The van der Waals surface area contributed by atoms with E-state index in [4.69, 9.17) is 4.74 Å². The molecule has 0 unspecified atom stereocenters. The number of nitrogens with zero attached hydrogens (tertiary/aromatic N) is 2. The van der Waals surface area contributed by atoms with E-state index in [1.807, 2.05) is 13.1 Å². The number of piperazine rings is 1. The van der Waals surface area contributed by atoms with E-state index in [0.717, 1.165) is 38.5 Å². The molecule has 1 aromatic carbocycles. The zero-order valence-electron chi connectivity index (χ0n) is 12.1. The summed E-state index contributed by atoms with van der Waals surface area (Å²) >= 11 is 0. The summed E-state index contributed by atoms with van der Waals surface area (Å²) in [5, 5.41) is 3.20. The van der Waals surface area contributed by atoms with E-state index in [1.165, 1.54) is 18.7 Å². The van der Waals surface area contributed by atoms with Crippen molar-refractivity contribution in [3.8, 4) is 5.75 Å². The van der Waals surface area contributed by atoms with Crippen LogP contribution in [0.25, 0.3) is 0 Å². The monoisotopic (exact) mass is 263 g/mol. The molecule has 4 heteroatoms. The smallest absolute Gasteiger partial charge is 0.120 e. The number of hydrogen-bond donors (Lipinski definition) is 1. The van der Waals surface area contributed by atoms with Crippen LogP contribution >= 0.6 is 0 Å². The summed E-state index contributed by atoms with van der Waals surface area (Å²) in [4.78, 5) is 4.99. The van der Waals surface area contributed by atoms with Gasteiger partial charge in [-0.15, -0.1) is 0 Å². The molecule has 0 amide bonds. The largest absolute Gasteiger partial charge is 0.497 e. The van der Waals surface area contributed by atoms with Crippen LogP contribution in [-0.2, 0) is 0 Å². The first-order valence-corrected chi connectivity index (χ1v) is 7.09. The summed E-state index contributed by atoms with van der Waals surface area (Å²) in [5.74, 6) is 0.939. The van der Waals surface area contributed by atoms with Crippen molar-refractivity contribution in [1.82, 2.24) is 10.2 Å². The highest BCUT2D eigenvalue weighted by atomic mass is 16.5. The van der Waals surface area contributed by atoms with Gasteiger partial charge in [-0.3, -0.25) is 4.90 Å².